The van der Waals surface area contributed by atoms with Crippen molar-refractivity contribution in [3.63, 3.8) is 0 Å². The Balaban J connectivity index is 0.000000751. The third-order valence-corrected chi connectivity index (χ3v) is 5.19. The third kappa shape index (κ3) is 15.2. The topological polar surface area (TPSA) is 339 Å². The number of ether oxygens (including phenoxy) is 1. The number of aliphatic hydroxyl groups is 2. The van der Waals surface area contributed by atoms with Crippen LogP contribution in [0.1, 0.15) is 13.2 Å². The summed E-state index contributed by atoms with van der Waals surface area (Å²) < 4.78 is 56.6. The predicted molar refractivity (Wildman–Crippen MR) is 126 cm³/mol. The van der Waals surface area contributed by atoms with Gasteiger partial charge in [0.05, 0.1) is 11.0 Å². The van der Waals surface area contributed by atoms with Gasteiger partial charge in [-0.25, -0.2) is 22.1 Å². The minimum absolute atomic E-state index is 0.0427. The van der Waals surface area contributed by atoms with E-state index in [4.69, 9.17) is 62.5 Å². The molecular formula is C15H26NO18P3S. The maximum atomic E-state index is 12.6. The zero-order valence-electron chi connectivity index (χ0n) is 19.2. The summed E-state index contributed by atoms with van der Waals surface area (Å²) in [7, 11) is -17.4. The van der Waals surface area contributed by atoms with E-state index < -0.39 is 63.4 Å². The number of pyridine rings is 1. The van der Waals surface area contributed by atoms with E-state index in [0.29, 0.717) is 5.39 Å². The van der Waals surface area contributed by atoms with E-state index in [0.717, 1.165) is 6.26 Å². The lowest BCUT2D eigenvalue weighted by molar-refractivity contribution is -0.0339. The average Bonchev–Trinajstić information content (AvgIpc) is 2.91. The van der Waals surface area contributed by atoms with Gasteiger partial charge in [0.1, 0.15) is 12.2 Å². The van der Waals surface area contributed by atoms with Gasteiger partial charge in [-0.15, -0.1) is 0 Å². The molecule has 0 spiro atoms. The van der Waals surface area contributed by atoms with Gasteiger partial charge in [-0.3, -0.25) is 9.36 Å². The molecule has 2 heterocycles. The van der Waals surface area contributed by atoms with Crippen molar-refractivity contribution in [2.75, 3.05) is 6.26 Å². The second kappa shape index (κ2) is 13.8. The van der Waals surface area contributed by atoms with E-state index in [-0.39, 0.29) is 10.3 Å². The van der Waals surface area contributed by atoms with Gasteiger partial charge < -0.3 is 59.0 Å². The molecule has 3 rings (SSSR count). The standard InChI is InChI=1S/C15H17NO6S.3H3O4P/c1-8-12(17)13(18)15(22-8)16-6-5-9-3-4-10(23(2,20)21)7-11(9)14(16)19;3*1-5(2,3)4/h3-8,12-13,15,17-18H,1-2H3;3*(H3,1,2,3,4). The summed E-state index contributed by atoms with van der Waals surface area (Å²) in [6.45, 7) is 1.60. The van der Waals surface area contributed by atoms with Crippen LogP contribution in [-0.2, 0) is 28.3 Å². The van der Waals surface area contributed by atoms with Crippen molar-refractivity contribution >= 4 is 44.1 Å². The number of hydrogen-bond acceptors (Lipinski definition) is 9. The van der Waals surface area contributed by atoms with Crippen molar-refractivity contribution in [1.82, 2.24) is 4.57 Å². The van der Waals surface area contributed by atoms with Gasteiger partial charge in [-0.05, 0) is 30.5 Å². The summed E-state index contributed by atoms with van der Waals surface area (Å²) in [5, 5.41) is 20.6. The number of sulfone groups is 1. The van der Waals surface area contributed by atoms with Gasteiger partial charge in [0.2, 0.25) is 0 Å². The van der Waals surface area contributed by atoms with Crippen molar-refractivity contribution in [2.24, 2.45) is 0 Å². The van der Waals surface area contributed by atoms with E-state index >= 15 is 0 Å². The molecule has 0 saturated carbocycles. The van der Waals surface area contributed by atoms with Crippen molar-refractivity contribution in [2.45, 2.75) is 36.4 Å². The Morgan fingerprint density at radius 2 is 1.24 bits per heavy atom. The highest BCUT2D eigenvalue weighted by Gasteiger charge is 2.41. The molecule has 4 atom stereocenters. The van der Waals surface area contributed by atoms with Gasteiger partial charge in [0, 0.05) is 17.8 Å². The molecule has 38 heavy (non-hydrogen) atoms. The SMILES string of the molecule is CC1OC(n2ccc3ccc(S(C)(=O)=O)cc3c2=O)C(O)C1O.O=P(O)(O)O.O=P(O)(O)O.O=P(O)(O)O. The van der Waals surface area contributed by atoms with Gasteiger partial charge in [-0.1, -0.05) is 6.07 Å². The van der Waals surface area contributed by atoms with E-state index in [1.54, 1.807) is 19.1 Å². The highest BCUT2D eigenvalue weighted by atomic mass is 32.2. The Morgan fingerprint density at radius 3 is 1.58 bits per heavy atom. The lowest BCUT2D eigenvalue weighted by Crippen LogP contribution is -2.34. The summed E-state index contributed by atoms with van der Waals surface area (Å²) in [6.07, 6.45) is -1.43. The van der Waals surface area contributed by atoms with E-state index in [1.807, 2.05) is 0 Å². The fraction of sp³-hybridized carbons (Fsp3) is 0.400. The number of nitrogens with zero attached hydrogens (tertiary/aromatic N) is 1. The molecule has 1 fully saturated rings. The Morgan fingerprint density at radius 1 is 0.816 bits per heavy atom. The molecule has 1 aliphatic heterocycles. The first kappa shape index (κ1) is 36.6. The van der Waals surface area contributed by atoms with Crippen LogP contribution in [0.15, 0.2) is 40.2 Å². The fourth-order valence-electron chi connectivity index (χ4n) is 2.72. The molecule has 0 amide bonds. The average molecular weight is 633 g/mol. The van der Waals surface area contributed by atoms with E-state index in [1.165, 1.54) is 22.9 Å². The zero-order valence-corrected chi connectivity index (χ0v) is 22.7. The minimum Gasteiger partial charge on any atom is -0.388 e. The summed E-state index contributed by atoms with van der Waals surface area (Å²) in [4.78, 5) is 77.4. The zero-order chi connectivity index (χ0) is 30.4. The Hall–Kier alpha value is -1.41. The second-order valence-electron chi connectivity index (χ2n) is 7.30. The largest absolute Gasteiger partial charge is 0.466 e. The summed E-state index contributed by atoms with van der Waals surface area (Å²) >= 11 is 0. The number of fused-ring (bicyclic) bond motifs is 1. The molecule has 1 aliphatic rings. The fourth-order valence-corrected chi connectivity index (χ4v) is 3.37. The first-order chi connectivity index (χ1) is 16.7. The van der Waals surface area contributed by atoms with Gasteiger partial charge >= 0.3 is 23.5 Å². The van der Waals surface area contributed by atoms with Crippen LogP contribution in [0.4, 0.5) is 0 Å². The smallest absolute Gasteiger partial charge is 0.388 e. The molecule has 11 N–H and O–H groups in total. The van der Waals surface area contributed by atoms with Crippen LogP contribution < -0.4 is 5.56 Å². The second-order valence-corrected chi connectivity index (χ2v) is 12.4. The van der Waals surface area contributed by atoms with Crippen LogP contribution in [0, 0.1) is 0 Å². The molecule has 19 nitrogen and oxygen atoms in total. The number of hydrogen-bond donors (Lipinski definition) is 11. The van der Waals surface area contributed by atoms with E-state index in [9.17, 15) is 23.4 Å². The van der Waals surface area contributed by atoms with Crippen LogP contribution in [0.5, 0.6) is 0 Å². The number of rotatable bonds is 2. The van der Waals surface area contributed by atoms with Crippen LogP contribution >= 0.6 is 23.5 Å². The predicted octanol–water partition coefficient (Wildman–Crippen LogP) is -2.74. The molecule has 0 bridgehead atoms. The number of benzene rings is 1. The summed E-state index contributed by atoms with van der Waals surface area (Å²) in [5.74, 6) is 0. The van der Waals surface area contributed by atoms with Gasteiger partial charge in [0.15, 0.2) is 16.1 Å². The number of phosphoric acid groups is 3. The Bertz CT molecular complexity index is 1320. The molecule has 2 aromatic rings. The summed E-state index contributed by atoms with van der Waals surface area (Å²) in [5.41, 5.74) is -0.488. The molecular weight excluding hydrogens is 607 g/mol. The maximum Gasteiger partial charge on any atom is 0.466 e. The van der Waals surface area contributed by atoms with Crippen LogP contribution in [0.3, 0.4) is 0 Å². The maximum absolute atomic E-state index is 12.6. The molecule has 1 aromatic carbocycles. The van der Waals surface area contributed by atoms with Crippen LogP contribution in [0.25, 0.3) is 10.8 Å². The first-order valence-corrected chi connectivity index (χ1v) is 16.0. The lowest BCUT2D eigenvalue weighted by Gasteiger charge is -2.18. The minimum atomic E-state index is -4.64. The Labute approximate surface area is 213 Å². The van der Waals surface area contributed by atoms with E-state index in [2.05, 4.69) is 0 Å². The molecule has 1 aromatic heterocycles. The molecule has 0 radical (unpaired) electrons. The van der Waals surface area contributed by atoms with Crippen LogP contribution in [0.2, 0.25) is 0 Å². The molecule has 23 heteroatoms. The van der Waals surface area contributed by atoms with Crippen molar-refractivity contribution < 1.29 is 81.1 Å². The van der Waals surface area contributed by atoms with Crippen molar-refractivity contribution in [1.29, 1.82) is 0 Å². The van der Waals surface area contributed by atoms with Gasteiger partial charge in [0.25, 0.3) is 5.56 Å². The third-order valence-electron chi connectivity index (χ3n) is 4.08. The monoisotopic (exact) mass is 633 g/mol. The quantitative estimate of drug-likeness (QED) is 0.149. The lowest BCUT2D eigenvalue weighted by atomic mass is 10.1. The highest BCUT2D eigenvalue weighted by molar-refractivity contribution is 7.90. The first-order valence-electron chi connectivity index (χ1n) is 9.41. The van der Waals surface area contributed by atoms with Crippen LogP contribution in [-0.4, -0.2) is 91.8 Å². The molecule has 4 unspecified atom stereocenters. The van der Waals surface area contributed by atoms with Gasteiger partial charge in [-0.2, -0.15) is 0 Å². The number of aliphatic hydroxyl groups excluding tert-OH is 2. The Kier molecular flexibility index (Phi) is 13.3. The molecule has 0 aliphatic carbocycles. The van der Waals surface area contributed by atoms with Crippen molar-refractivity contribution in [3.8, 4) is 0 Å². The molecule has 220 valence electrons. The summed E-state index contributed by atoms with van der Waals surface area (Å²) in [6, 6.07) is 5.94. The molecule has 1 saturated heterocycles. The number of aromatic nitrogens is 1. The normalized spacial score (nSPS) is 21.8. The highest BCUT2D eigenvalue weighted by Crippen LogP contribution is 2.29. The van der Waals surface area contributed by atoms with Crippen molar-refractivity contribution in [3.05, 3.63) is 40.8 Å².